The van der Waals surface area contributed by atoms with Crippen LogP contribution < -0.4 is 4.90 Å². The fourth-order valence-electron chi connectivity index (χ4n) is 19.1. The summed E-state index contributed by atoms with van der Waals surface area (Å²) in [4.78, 5) is 59.7. The first-order valence-corrected chi connectivity index (χ1v) is 46.3. The Kier molecular flexibility index (Phi) is 34.1. The van der Waals surface area contributed by atoms with Crippen LogP contribution >= 0.6 is 0 Å². The SMILES string of the molecule is C.CC(=O)C=C(C)O.CC(=O)C=C(C)O.CC1(C)c2cccc3c2C2c4c-3cccc4C(C)(C)c3cc(N(c4[c-]c(-c5ccccn5)ccc4)c4[c-]c(-c5ccccn5)ccc4)cc1c32.CC1(C)c2ccccc2-c2c[c-]c(-c3ccc4ccccc4n3)cc21.Cc1cc2ccccc2[c-]c1-c1ccccn1.Cc1ccc(-c2nc(-c3c[c-]c(-c4ccccn4)cc3)nc(-c3ccc(C)cc3)n2)cc1.[Ir].[Ir].[Ir].[Pt+2]. The summed E-state index contributed by atoms with van der Waals surface area (Å²) in [5.41, 5.74) is 37.9. The largest absolute Gasteiger partial charge is 2.00 e. The van der Waals surface area contributed by atoms with Gasteiger partial charge in [-0.3, -0.25) is 19.6 Å². The maximum Gasteiger partial charge on any atom is 2.00 e. The maximum absolute atomic E-state index is 10.0. The zero-order chi connectivity index (χ0) is 96.1. The number of carbonyl (C=O) groups is 2. The van der Waals surface area contributed by atoms with E-state index in [1.54, 1.807) is 6.20 Å². The van der Waals surface area contributed by atoms with Gasteiger partial charge in [0.2, 0.25) is 0 Å². The molecule has 0 saturated carbocycles. The maximum atomic E-state index is 10.0. The molecule has 0 bridgehead atoms. The second-order valence-corrected chi connectivity index (χ2v) is 36.7. The van der Waals surface area contributed by atoms with Crippen molar-refractivity contribution in [2.75, 3.05) is 4.90 Å². The number of nitrogens with zero attached hydrogens (tertiary/aromatic N) is 9. The molecule has 6 heterocycles. The molecule has 19 aromatic rings. The molecule has 0 unspecified atom stereocenters. The topological polar surface area (TPSA) is 181 Å². The number of pyridine rings is 5. The molecule has 4 aliphatic carbocycles. The quantitative estimate of drug-likeness (QED) is 0.0633. The van der Waals surface area contributed by atoms with Crippen molar-refractivity contribution in [3.63, 3.8) is 0 Å². The van der Waals surface area contributed by atoms with Crippen LogP contribution in [0.4, 0.5) is 17.1 Å². The standard InChI is InChI=1S/C47H35N3.C28H21N4.C24H18N.C16H12N.2C5H8O2.CH4.3Ir.Pt/c1-46(2)36-19-11-17-34-35-18-12-20-37-43(35)45(42(34)36)44-38(46)27-33(28-39(44)47(37,3)4)50(31-15-9-13-29(25-31)40-21-5-7-23-48-40)32-16-10-14-30(26-32)41-22-6-8-24-49-41;1-19-6-10-22(11-7-19)26-30-27(23-12-8-20(2)9-13-23)32-28(31-26)24-16-14-21(15-17-24)25-5-3-4-18-29-25;1-24(2)20-9-5-4-8-18(20)19-13-11-17(15-21(19)24)23-14-12-16-7-3-6-10-22(16)25-23;1-12-10-13-6-2-3-7-14(13)11-15(12)16-8-4-5-9-17-16;2*1-4(6)3-5(2)7;;;;;/h5-24,27-28,45H,1-4H3;3-14,16-18H,1-2H3;3-10,12-15H,1-2H3;2-10H,1H3;2*3,6H,1-2H3;1H4;;;;/q-2;3*-1;;;;;;;+2. The summed E-state index contributed by atoms with van der Waals surface area (Å²) < 4.78 is 0. The molecule has 13 aromatic carbocycles. The molecule has 17 heteroatoms. The van der Waals surface area contributed by atoms with Crippen LogP contribution in [0.5, 0.6) is 0 Å². The van der Waals surface area contributed by atoms with E-state index in [1.165, 1.54) is 140 Å². The van der Waals surface area contributed by atoms with E-state index in [0.717, 1.165) is 101 Å². The Hall–Kier alpha value is -14.0. The second-order valence-electron chi connectivity index (χ2n) is 36.7. The van der Waals surface area contributed by atoms with Gasteiger partial charge in [-0.05, 0) is 185 Å². The van der Waals surface area contributed by atoms with E-state index in [1.807, 2.05) is 152 Å². The van der Waals surface area contributed by atoms with Gasteiger partial charge in [0.25, 0.3) is 0 Å². The number of carbonyl (C=O) groups excluding carboxylic acids is 2. The van der Waals surface area contributed by atoms with Crippen molar-refractivity contribution in [2.24, 2.45) is 0 Å². The third kappa shape index (κ3) is 22.7. The third-order valence-electron chi connectivity index (χ3n) is 25.8. The van der Waals surface area contributed by atoms with Crippen LogP contribution in [0.25, 0.3) is 134 Å². The van der Waals surface area contributed by atoms with Gasteiger partial charge < -0.3 is 30.1 Å². The Balaban J connectivity index is 0.000000160. The first kappa shape index (κ1) is 106. The van der Waals surface area contributed by atoms with Gasteiger partial charge in [-0.1, -0.05) is 301 Å². The molecule has 0 fully saturated rings. The zero-order valence-corrected chi connectivity index (χ0v) is 90.2. The predicted octanol–water partition coefficient (Wildman–Crippen LogP) is 30.4. The van der Waals surface area contributed by atoms with Gasteiger partial charge in [0.05, 0.1) is 17.0 Å². The van der Waals surface area contributed by atoms with Crippen LogP contribution in [0.3, 0.4) is 0 Å². The number of aliphatic hydroxyl groups excluding tert-OH is 2. The average Bonchev–Trinajstić information content (AvgIpc) is 1.53. The Bertz CT molecular complexity index is 7610. The van der Waals surface area contributed by atoms with Crippen molar-refractivity contribution < 1.29 is 101 Å². The number of hydrogen-bond donors (Lipinski definition) is 2. The minimum absolute atomic E-state index is 0. The summed E-state index contributed by atoms with van der Waals surface area (Å²) in [6.07, 6.45) is 9.61. The first-order chi connectivity index (χ1) is 66.7. The number of allylic oxidation sites excluding steroid dienone is 4. The molecule has 0 atom stereocenters. The molecular formula is C126H106Ir3N9O4Pt-3. The minimum atomic E-state index is -0.206. The van der Waals surface area contributed by atoms with Crippen molar-refractivity contribution in [2.45, 2.75) is 120 Å². The number of fused-ring (bicyclic) bond motifs is 6. The molecule has 13 nitrogen and oxygen atoms in total. The number of aliphatic hydroxyl groups is 2. The Labute approximate surface area is 893 Å². The first-order valence-electron chi connectivity index (χ1n) is 46.3. The minimum Gasteiger partial charge on any atom is -0.512 e. The second kappa shape index (κ2) is 45.9. The van der Waals surface area contributed by atoms with Gasteiger partial charge in [0.1, 0.15) is 5.82 Å². The zero-order valence-electron chi connectivity index (χ0n) is 80.8. The fraction of sp³-hybridized carbons (Fsp3) is 0.143. The average molecular weight is 2580 g/mol. The van der Waals surface area contributed by atoms with E-state index >= 15 is 0 Å². The van der Waals surface area contributed by atoms with Crippen LogP contribution in [0.2, 0.25) is 0 Å². The molecule has 4 aliphatic rings. The number of para-hydroxylation sites is 1. The van der Waals surface area contributed by atoms with Crippen molar-refractivity contribution >= 4 is 50.3 Å². The summed E-state index contributed by atoms with van der Waals surface area (Å²) in [6, 6.07) is 132. The van der Waals surface area contributed by atoms with Gasteiger partial charge in [-0.25, -0.2) is 15.0 Å². The molecule has 6 aromatic heterocycles. The predicted molar refractivity (Wildman–Crippen MR) is 565 cm³/mol. The number of benzene rings is 13. The van der Waals surface area contributed by atoms with E-state index in [9.17, 15) is 9.59 Å². The smallest absolute Gasteiger partial charge is 0.512 e. The molecule has 3 radical (unpaired) electrons. The molecule has 2 N–H and O–H groups in total. The third-order valence-corrected chi connectivity index (χ3v) is 25.8. The van der Waals surface area contributed by atoms with Crippen LogP contribution in [0.15, 0.2) is 376 Å². The number of hydrogen-bond acceptors (Lipinski definition) is 13. The molecule has 0 amide bonds. The van der Waals surface area contributed by atoms with Crippen LogP contribution in [0.1, 0.15) is 149 Å². The van der Waals surface area contributed by atoms with E-state index in [4.69, 9.17) is 30.1 Å². The van der Waals surface area contributed by atoms with Gasteiger partial charge in [-0.15, -0.1) is 148 Å². The van der Waals surface area contributed by atoms with Crippen molar-refractivity contribution in [1.82, 2.24) is 39.9 Å². The van der Waals surface area contributed by atoms with Gasteiger partial charge in [0, 0.05) is 137 Å². The summed E-state index contributed by atoms with van der Waals surface area (Å²) in [5, 5.41) is 20.3. The van der Waals surface area contributed by atoms with Gasteiger partial charge >= 0.3 is 21.1 Å². The molecule has 0 spiro atoms. The van der Waals surface area contributed by atoms with Crippen LogP contribution in [-0.2, 0) is 107 Å². The number of aromatic nitrogens is 8. The fourth-order valence-corrected chi connectivity index (χ4v) is 19.1. The number of rotatable bonds is 13. The molecule has 23 rings (SSSR count). The Morgan fingerprint density at radius 2 is 0.776 bits per heavy atom. The Morgan fingerprint density at radius 3 is 1.26 bits per heavy atom. The van der Waals surface area contributed by atoms with E-state index in [-0.39, 0.29) is 134 Å². The number of ketones is 2. The monoisotopic (exact) mass is 2580 g/mol. The summed E-state index contributed by atoms with van der Waals surface area (Å²) in [5.74, 6) is 2.05. The van der Waals surface area contributed by atoms with Crippen molar-refractivity contribution in [1.29, 1.82) is 0 Å². The molecular weight excluding hydrogens is 2480 g/mol. The van der Waals surface area contributed by atoms with E-state index < -0.39 is 0 Å². The summed E-state index contributed by atoms with van der Waals surface area (Å²) >= 11 is 0. The number of aryl methyl sites for hydroxylation is 3. The van der Waals surface area contributed by atoms with Gasteiger partial charge in [-0.2, -0.15) is 0 Å². The van der Waals surface area contributed by atoms with Crippen LogP contribution in [-0.4, -0.2) is 61.7 Å². The number of anilines is 3. The molecule has 719 valence electrons. The van der Waals surface area contributed by atoms with E-state index in [0.29, 0.717) is 17.5 Å². The molecule has 0 saturated heterocycles. The molecule has 0 aliphatic heterocycles. The summed E-state index contributed by atoms with van der Waals surface area (Å²) in [7, 11) is 0. The molecule has 143 heavy (non-hydrogen) atoms. The summed E-state index contributed by atoms with van der Waals surface area (Å²) in [6.45, 7) is 26.2. The van der Waals surface area contributed by atoms with Crippen molar-refractivity contribution in [3.05, 3.63) is 473 Å². The Morgan fingerprint density at radius 1 is 0.350 bits per heavy atom. The van der Waals surface area contributed by atoms with Crippen molar-refractivity contribution in [3.8, 4) is 113 Å². The van der Waals surface area contributed by atoms with E-state index in [2.05, 4.69) is 312 Å². The normalized spacial score (nSPS) is 12.7. The van der Waals surface area contributed by atoms with Gasteiger partial charge in [0.15, 0.2) is 23.2 Å². The van der Waals surface area contributed by atoms with Crippen LogP contribution in [0, 0.1) is 51.1 Å².